The van der Waals surface area contributed by atoms with Crippen molar-refractivity contribution in [3.05, 3.63) is 0 Å². The number of hydrogen-bond donors (Lipinski definition) is 0. The zero-order valence-corrected chi connectivity index (χ0v) is 17.4. The number of hydrogen-bond acceptors (Lipinski definition) is 0. The van der Waals surface area contributed by atoms with E-state index in [1.54, 1.807) is 0 Å². The van der Waals surface area contributed by atoms with Crippen molar-refractivity contribution in [2.24, 2.45) is 5.92 Å². The average Bonchev–Trinajstić information content (AvgIpc) is 2.45. The summed E-state index contributed by atoms with van der Waals surface area (Å²) in [5.41, 5.74) is 0. The first-order valence-electron chi connectivity index (χ1n) is 8.93. The van der Waals surface area contributed by atoms with Crippen LogP contribution in [-0.4, -0.2) is 5.16 Å². The van der Waals surface area contributed by atoms with Crippen molar-refractivity contribution in [3.63, 3.8) is 0 Å². The smallest absolute Gasteiger partial charge is 0.0127 e. The van der Waals surface area contributed by atoms with E-state index in [9.17, 15) is 0 Å². The Morgan fingerprint density at radius 1 is 0.750 bits per heavy atom. The summed E-state index contributed by atoms with van der Waals surface area (Å²) in [6.07, 6.45) is 16.9. The van der Waals surface area contributed by atoms with Gasteiger partial charge in [-0.25, -0.2) is 0 Å². The maximum atomic E-state index is 3.18. The quantitative estimate of drug-likeness (QED) is 0.233. The molecule has 0 rings (SSSR count). The Bertz CT molecular complexity index is 190. The van der Waals surface area contributed by atoms with E-state index >= 15 is 0 Å². The molecule has 0 aliphatic carbocycles. The molecule has 0 bridgehead atoms. The third kappa shape index (κ3) is 9.78. The molecule has 0 aromatic rings. The van der Waals surface area contributed by atoms with Crippen LogP contribution in [0.25, 0.3) is 0 Å². The van der Waals surface area contributed by atoms with Gasteiger partial charge in [-0.05, 0) is 30.3 Å². The Hall–Kier alpha value is 0.910. The molecular weight excluding hydrogens is 327 g/mol. The minimum absolute atomic E-state index is 0. The SMILES string of the molecule is Br.CCCCCCCCCCC(CC)C(P)(CC)CC. The summed E-state index contributed by atoms with van der Waals surface area (Å²) < 4.78 is 0. The average molecular weight is 367 g/mol. The summed E-state index contributed by atoms with van der Waals surface area (Å²) in [6, 6.07) is 0. The van der Waals surface area contributed by atoms with Gasteiger partial charge in [0.1, 0.15) is 0 Å². The Morgan fingerprint density at radius 3 is 1.60 bits per heavy atom. The molecule has 0 N–H and O–H groups in total. The van der Waals surface area contributed by atoms with Gasteiger partial charge in [-0.15, -0.1) is 26.2 Å². The highest BCUT2D eigenvalue weighted by Crippen LogP contribution is 2.39. The van der Waals surface area contributed by atoms with Crippen LogP contribution < -0.4 is 0 Å². The van der Waals surface area contributed by atoms with Gasteiger partial charge in [0.25, 0.3) is 0 Å². The lowest BCUT2D eigenvalue weighted by Crippen LogP contribution is -2.29. The normalized spacial score (nSPS) is 13.1. The van der Waals surface area contributed by atoms with E-state index in [1.807, 2.05) is 0 Å². The first kappa shape index (κ1) is 23.2. The summed E-state index contributed by atoms with van der Waals surface area (Å²) in [4.78, 5) is 0. The van der Waals surface area contributed by atoms with Crippen LogP contribution >= 0.6 is 26.2 Å². The summed E-state index contributed by atoms with van der Waals surface area (Å²) in [7, 11) is 3.18. The fraction of sp³-hybridized carbons (Fsp3) is 1.00. The molecule has 0 fully saturated rings. The Kier molecular flexibility index (Phi) is 17.2. The molecule has 0 saturated heterocycles. The highest BCUT2D eigenvalue weighted by Gasteiger charge is 2.28. The van der Waals surface area contributed by atoms with Gasteiger partial charge in [0.2, 0.25) is 0 Å². The zero-order valence-electron chi connectivity index (χ0n) is 14.5. The van der Waals surface area contributed by atoms with E-state index in [1.165, 1.54) is 77.0 Å². The van der Waals surface area contributed by atoms with Crippen LogP contribution in [0.2, 0.25) is 0 Å². The number of rotatable bonds is 13. The lowest BCUT2D eigenvalue weighted by atomic mass is 9.81. The summed E-state index contributed by atoms with van der Waals surface area (Å²) in [5, 5.41) is 0.510. The Balaban J connectivity index is 0. The van der Waals surface area contributed by atoms with Crippen LogP contribution in [0.3, 0.4) is 0 Å². The lowest BCUT2D eigenvalue weighted by Gasteiger charge is -2.36. The number of unbranched alkanes of at least 4 members (excludes halogenated alkanes) is 7. The van der Waals surface area contributed by atoms with Gasteiger partial charge >= 0.3 is 0 Å². The maximum Gasteiger partial charge on any atom is -0.0127 e. The third-order valence-corrected chi connectivity index (χ3v) is 6.32. The summed E-state index contributed by atoms with van der Waals surface area (Å²) in [6.45, 7) is 9.38. The van der Waals surface area contributed by atoms with Gasteiger partial charge < -0.3 is 0 Å². The second-order valence-electron chi connectivity index (χ2n) is 6.31. The molecule has 0 aromatic heterocycles. The fourth-order valence-electron chi connectivity index (χ4n) is 3.25. The van der Waals surface area contributed by atoms with Crippen LogP contribution in [0.15, 0.2) is 0 Å². The van der Waals surface area contributed by atoms with Crippen molar-refractivity contribution in [2.45, 2.75) is 110 Å². The summed E-state index contributed by atoms with van der Waals surface area (Å²) >= 11 is 0. The van der Waals surface area contributed by atoms with E-state index in [4.69, 9.17) is 0 Å². The molecule has 0 amide bonds. The molecule has 0 heterocycles. The van der Waals surface area contributed by atoms with Gasteiger partial charge in [-0.3, -0.25) is 0 Å². The molecule has 0 spiro atoms. The fourth-order valence-corrected chi connectivity index (χ4v) is 3.65. The van der Waals surface area contributed by atoms with Crippen molar-refractivity contribution in [1.29, 1.82) is 0 Å². The second-order valence-corrected chi connectivity index (χ2v) is 7.46. The van der Waals surface area contributed by atoms with Gasteiger partial charge in [0.05, 0.1) is 0 Å². The van der Waals surface area contributed by atoms with Gasteiger partial charge in [0, 0.05) is 0 Å². The maximum absolute atomic E-state index is 3.18. The van der Waals surface area contributed by atoms with Gasteiger partial charge in [-0.1, -0.05) is 85.5 Å². The molecule has 0 aromatic carbocycles. The molecular formula is C18H40BrP. The summed E-state index contributed by atoms with van der Waals surface area (Å²) in [5.74, 6) is 0.910. The van der Waals surface area contributed by atoms with Crippen molar-refractivity contribution >= 4 is 26.2 Å². The Morgan fingerprint density at radius 2 is 1.20 bits per heavy atom. The lowest BCUT2D eigenvalue weighted by molar-refractivity contribution is 0.313. The van der Waals surface area contributed by atoms with Crippen LogP contribution in [0.4, 0.5) is 0 Å². The largest absolute Gasteiger partial charge is 0.131 e. The van der Waals surface area contributed by atoms with E-state index in [0.29, 0.717) is 5.16 Å². The molecule has 2 unspecified atom stereocenters. The van der Waals surface area contributed by atoms with E-state index in [0.717, 1.165) is 5.92 Å². The first-order chi connectivity index (χ1) is 9.14. The van der Waals surface area contributed by atoms with Gasteiger partial charge in [-0.2, -0.15) is 0 Å². The molecule has 0 aliphatic rings. The van der Waals surface area contributed by atoms with Crippen molar-refractivity contribution < 1.29 is 0 Å². The molecule has 124 valence electrons. The molecule has 20 heavy (non-hydrogen) atoms. The van der Waals surface area contributed by atoms with Crippen LogP contribution in [0.1, 0.15) is 105 Å². The van der Waals surface area contributed by atoms with E-state index < -0.39 is 0 Å². The molecule has 0 aliphatic heterocycles. The van der Waals surface area contributed by atoms with Crippen LogP contribution in [-0.2, 0) is 0 Å². The van der Waals surface area contributed by atoms with Crippen LogP contribution in [0, 0.1) is 5.92 Å². The van der Waals surface area contributed by atoms with Crippen LogP contribution in [0.5, 0.6) is 0 Å². The standard InChI is InChI=1S/C18H39P.BrH/c1-5-9-10-11-12-13-14-15-16-17(6-2)18(19,7-3)8-4;/h17H,5-16,19H2,1-4H3;1H. The third-order valence-electron chi connectivity index (χ3n) is 5.03. The predicted molar refractivity (Wildman–Crippen MR) is 104 cm³/mol. The van der Waals surface area contributed by atoms with Crippen molar-refractivity contribution in [3.8, 4) is 0 Å². The topological polar surface area (TPSA) is 0 Å². The second kappa shape index (κ2) is 14.8. The molecule has 2 heteroatoms. The molecule has 2 atom stereocenters. The van der Waals surface area contributed by atoms with Crippen molar-refractivity contribution in [2.75, 3.05) is 0 Å². The van der Waals surface area contributed by atoms with E-state index in [2.05, 4.69) is 36.9 Å². The first-order valence-corrected chi connectivity index (χ1v) is 9.51. The minimum Gasteiger partial charge on any atom is -0.131 e. The molecule has 0 radical (unpaired) electrons. The molecule has 0 saturated carbocycles. The minimum atomic E-state index is 0. The zero-order chi connectivity index (χ0) is 14.6. The highest BCUT2D eigenvalue weighted by molar-refractivity contribution is 8.93. The predicted octanol–water partition coefficient (Wildman–Crippen LogP) is 7.56. The monoisotopic (exact) mass is 366 g/mol. The van der Waals surface area contributed by atoms with Gasteiger partial charge in [0.15, 0.2) is 0 Å². The number of halogens is 1. The Labute approximate surface area is 142 Å². The highest BCUT2D eigenvalue weighted by atomic mass is 79.9. The van der Waals surface area contributed by atoms with E-state index in [-0.39, 0.29) is 17.0 Å². The molecule has 0 nitrogen and oxygen atoms in total. The van der Waals surface area contributed by atoms with Crippen molar-refractivity contribution in [1.82, 2.24) is 0 Å².